The molecule has 3 rings (SSSR count). The minimum atomic E-state index is -4.14. The molecule has 0 spiro atoms. The third-order valence-corrected chi connectivity index (χ3v) is 6.51. The van der Waals surface area contributed by atoms with Crippen LogP contribution in [0.25, 0.3) is 5.52 Å². The molecule has 2 aromatic heterocycles. The van der Waals surface area contributed by atoms with Crippen LogP contribution in [0.5, 0.6) is 5.75 Å². The number of sulfonamides is 1. The summed E-state index contributed by atoms with van der Waals surface area (Å²) in [5.41, 5.74) is 10.4. The second-order valence-electron chi connectivity index (χ2n) is 7.78. The quantitative estimate of drug-likeness (QED) is 0.113. The summed E-state index contributed by atoms with van der Waals surface area (Å²) in [6, 6.07) is 11.2. The summed E-state index contributed by atoms with van der Waals surface area (Å²) in [5, 5.41) is 11.8. The van der Waals surface area contributed by atoms with Gasteiger partial charge in [-0.2, -0.15) is 4.72 Å². The standard InChI is InChI=1S/C23H26N6O7S.ClH/c24-23(25)26-8-4-10-36-17-7-9-29-16(13-17)11-15(12-20(29)30)21(31)27-14-19(22(32)33)28-37(34,35)18-5-2-1-3-6-18;/h1-3,5-7,9,11-13,19,28H,4,8,10,14H2,(H,27,31)(H,32,33)(H4,24,25,26);1H. The van der Waals surface area contributed by atoms with Gasteiger partial charge in [0, 0.05) is 43.4 Å². The summed E-state index contributed by atoms with van der Waals surface area (Å²) in [4.78, 5) is 40.5. The molecule has 1 unspecified atom stereocenters. The van der Waals surface area contributed by atoms with E-state index >= 15 is 0 Å². The Morgan fingerprint density at radius 1 is 1.11 bits per heavy atom. The molecule has 15 heteroatoms. The summed E-state index contributed by atoms with van der Waals surface area (Å²) in [6.07, 6.45) is 2.04. The molecule has 38 heavy (non-hydrogen) atoms. The fourth-order valence-corrected chi connectivity index (χ4v) is 4.44. The van der Waals surface area contributed by atoms with Crippen molar-refractivity contribution >= 4 is 45.8 Å². The van der Waals surface area contributed by atoms with E-state index in [-0.39, 0.29) is 28.8 Å². The fourth-order valence-electron chi connectivity index (χ4n) is 3.23. The highest BCUT2D eigenvalue weighted by Crippen LogP contribution is 2.15. The number of nitrogens with two attached hydrogens (primary N) is 2. The number of amides is 1. The predicted molar refractivity (Wildman–Crippen MR) is 142 cm³/mol. The van der Waals surface area contributed by atoms with Gasteiger partial charge in [-0.25, -0.2) is 8.42 Å². The largest absolute Gasteiger partial charge is 0.493 e. The van der Waals surface area contributed by atoms with Crippen molar-refractivity contribution in [2.24, 2.45) is 16.5 Å². The lowest BCUT2D eigenvalue weighted by Gasteiger charge is -2.16. The van der Waals surface area contributed by atoms with Gasteiger partial charge < -0.3 is 26.6 Å². The monoisotopic (exact) mass is 566 g/mol. The maximum atomic E-state index is 12.7. The SMILES string of the molecule is Cl.NC(N)=NCCCOc1ccn2c(=O)cc(C(=O)NCC(NS(=O)(=O)c3ccccc3)C(=O)O)cc2c1. The van der Waals surface area contributed by atoms with Gasteiger partial charge >= 0.3 is 5.97 Å². The zero-order chi connectivity index (χ0) is 27.0. The number of aliphatic imine (C=N–C) groups is 1. The zero-order valence-electron chi connectivity index (χ0n) is 19.9. The van der Waals surface area contributed by atoms with Gasteiger partial charge in [-0.1, -0.05) is 18.2 Å². The minimum Gasteiger partial charge on any atom is -0.493 e. The molecule has 0 fully saturated rings. The third-order valence-electron chi connectivity index (χ3n) is 5.02. The molecule has 13 nitrogen and oxygen atoms in total. The number of fused-ring (bicyclic) bond motifs is 1. The van der Waals surface area contributed by atoms with E-state index in [2.05, 4.69) is 15.0 Å². The van der Waals surface area contributed by atoms with Crippen molar-refractivity contribution in [2.45, 2.75) is 17.4 Å². The topological polar surface area (TPSA) is 208 Å². The van der Waals surface area contributed by atoms with Gasteiger partial charge in [0.05, 0.1) is 17.0 Å². The number of carboxylic acid groups (broad SMARTS) is 1. The summed E-state index contributed by atoms with van der Waals surface area (Å²) >= 11 is 0. The first-order valence-electron chi connectivity index (χ1n) is 11.0. The summed E-state index contributed by atoms with van der Waals surface area (Å²) < 4.78 is 33.9. The van der Waals surface area contributed by atoms with E-state index in [0.29, 0.717) is 30.8 Å². The van der Waals surface area contributed by atoms with E-state index in [1.165, 1.54) is 40.9 Å². The number of carbonyl (C=O) groups excluding carboxylic acids is 1. The number of nitrogens with one attached hydrogen (secondary N) is 2. The number of benzene rings is 1. The van der Waals surface area contributed by atoms with Crippen molar-refractivity contribution in [3.05, 3.63) is 76.7 Å². The van der Waals surface area contributed by atoms with Crippen LogP contribution < -0.4 is 31.8 Å². The highest BCUT2D eigenvalue weighted by molar-refractivity contribution is 7.89. The van der Waals surface area contributed by atoms with Crippen LogP contribution in [0.15, 0.2) is 75.5 Å². The van der Waals surface area contributed by atoms with Crippen LogP contribution in [0.4, 0.5) is 0 Å². The summed E-state index contributed by atoms with van der Waals surface area (Å²) in [5.74, 6) is -1.81. The fraction of sp³-hybridized carbons (Fsp3) is 0.217. The van der Waals surface area contributed by atoms with Crippen molar-refractivity contribution < 1.29 is 27.9 Å². The lowest BCUT2D eigenvalue weighted by molar-refractivity contribution is -0.138. The van der Waals surface area contributed by atoms with Crippen molar-refractivity contribution in [2.75, 3.05) is 19.7 Å². The molecule has 0 bridgehead atoms. The molecule has 1 aromatic carbocycles. The zero-order valence-corrected chi connectivity index (χ0v) is 21.6. The van der Waals surface area contributed by atoms with Crippen molar-refractivity contribution in [1.82, 2.24) is 14.4 Å². The number of guanidine groups is 1. The molecule has 0 radical (unpaired) electrons. The molecule has 7 N–H and O–H groups in total. The van der Waals surface area contributed by atoms with Crippen LogP contribution in [0.1, 0.15) is 16.8 Å². The number of carbonyl (C=O) groups is 2. The highest BCUT2D eigenvalue weighted by atomic mass is 35.5. The van der Waals surface area contributed by atoms with Crippen LogP contribution in [-0.2, 0) is 14.8 Å². The molecule has 0 aliphatic rings. The molecule has 204 valence electrons. The van der Waals surface area contributed by atoms with E-state index in [9.17, 15) is 27.9 Å². The Labute approximate surface area is 224 Å². The molecular weight excluding hydrogens is 540 g/mol. The van der Waals surface area contributed by atoms with Gasteiger partial charge in [0.25, 0.3) is 11.5 Å². The number of halogens is 1. The molecule has 0 aliphatic carbocycles. The maximum absolute atomic E-state index is 12.7. The Hall–Kier alpha value is -4.14. The Morgan fingerprint density at radius 3 is 2.47 bits per heavy atom. The van der Waals surface area contributed by atoms with E-state index in [0.717, 1.165) is 6.07 Å². The smallest absolute Gasteiger partial charge is 0.323 e. The van der Waals surface area contributed by atoms with Gasteiger partial charge in [0.15, 0.2) is 5.96 Å². The number of aromatic nitrogens is 1. The lowest BCUT2D eigenvalue weighted by Crippen LogP contribution is -2.48. The number of hydrogen-bond acceptors (Lipinski definition) is 7. The van der Waals surface area contributed by atoms with Crippen LogP contribution in [0.2, 0.25) is 0 Å². The average Bonchev–Trinajstić information content (AvgIpc) is 2.86. The summed E-state index contributed by atoms with van der Waals surface area (Å²) in [6.45, 7) is 0.143. The van der Waals surface area contributed by atoms with Crippen molar-refractivity contribution in [1.29, 1.82) is 0 Å². The Balaban J connectivity index is 0.00000507. The van der Waals surface area contributed by atoms with E-state index in [4.69, 9.17) is 16.2 Å². The molecule has 0 saturated carbocycles. The first kappa shape index (κ1) is 30.1. The molecule has 0 aliphatic heterocycles. The van der Waals surface area contributed by atoms with Crippen molar-refractivity contribution in [3.8, 4) is 5.75 Å². The highest BCUT2D eigenvalue weighted by Gasteiger charge is 2.26. The van der Waals surface area contributed by atoms with Crippen LogP contribution in [0.3, 0.4) is 0 Å². The van der Waals surface area contributed by atoms with Gasteiger partial charge in [0.1, 0.15) is 11.8 Å². The number of pyridine rings is 2. The second-order valence-corrected chi connectivity index (χ2v) is 9.50. The molecular formula is C23H27ClN6O7S. The first-order chi connectivity index (χ1) is 17.6. The van der Waals surface area contributed by atoms with Crippen LogP contribution >= 0.6 is 12.4 Å². The maximum Gasteiger partial charge on any atom is 0.323 e. The van der Waals surface area contributed by atoms with E-state index in [1.807, 2.05) is 0 Å². The van der Waals surface area contributed by atoms with Gasteiger partial charge in [0.2, 0.25) is 10.0 Å². The third kappa shape index (κ3) is 8.19. The summed E-state index contributed by atoms with van der Waals surface area (Å²) in [7, 11) is -4.14. The number of nitrogens with zero attached hydrogens (tertiary/aromatic N) is 2. The number of rotatable bonds is 12. The molecule has 2 heterocycles. The Kier molecular flexibility index (Phi) is 10.6. The predicted octanol–water partition coefficient (Wildman–Crippen LogP) is -0.0749. The number of carboxylic acids is 1. The minimum absolute atomic E-state index is 0. The molecule has 3 aromatic rings. The van der Waals surface area contributed by atoms with Crippen LogP contribution in [-0.4, -0.2) is 61.5 Å². The second kappa shape index (κ2) is 13.4. The molecule has 0 saturated heterocycles. The van der Waals surface area contributed by atoms with Crippen LogP contribution in [0, 0.1) is 0 Å². The normalized spacial score (nSPS) is 11.7. The number of aliphatic carboxylic acids is 1. The number of hydrogen-bond donors (Lipinski definition) is 5. The number of ether oxygens (including phenoxy) is 1. The average molecular weight is 567 g/mol. The lowest BCUT2D eigenvalue weighted by atomic mass is 10.2. The first-order valence-corrected chi connectivity index (χ1v) is 12.5. The molecule has 1 amide bonds. The van der Waals surface area contributed by atoms with Gasteiger partial charge in [-0.05, 0) is 24.3 Å². The molecule has 1 atom stereocenters. The van der Waals surface area contributed by atoms with Gasteiger partial charge in [-0.3, -0.25) is 23.8 Å². The Bertz CT molecular complexity index is 1470. The van der Waals surface area contributed by atoms with E-state index < -0.39 is 40.0 Å². The van der Waals surface area contributed by atoms with Gasteiger partial charge in [-0.15, -0.1) is 12.4 Å². The van der Waals surface area contributed by atoms with E-state index in [1.54, 1.807) is 18.2 Å². The van der Waals surface area contributed by atoms with Crippen molar-refractivity contribution in [3.63, 3.8) is 0 Å². The Morgan fingerprint density at radius 2 is 1.82 bits per heavy atom.